The number of amides is 1. The molecule has 10 heteroatoms. The summed E-state index contributed by atoms with van der Waals surface area (Å²) in [6.45, 7) is 0.839. The van der Waals surface area contributed by atoms with E-state index in [4.69, 9.17) is 9.40 Å². The minimum Gasteiger partial charge on any atom is -0.443 e. The number of hydrogen-bond donors (Lipinski definition) is 0. The van der Waals surface area contributed by atoms with Gasteiger partial charge in [0.2, 0.25) is 15.9 Å². The van der Waals surface area contributed by atoms with Gasteiger partial charge in [0.15, 0.2) is 12.2 Å². The molecule has 3 aromatic heterocycles. The van der Waals surface area contributed by atoms with Crippen LogP contribution in [0.4, 0.5) is 5.69 Å². The van der Waals surface area contributed by atoms with E-state index in [1.54, 1.807) is 29.7 Å². The van der Waals surface area contributed by atoms with E-state index in [1.165, 1.54) is 17.0 Å². The van der Waals surface area contributed by atoms with E-state index < -0.39 is 15.4 Å². The second kappa shape index (κ2) is 7.96. The van der Waals surface area contributed by atoms with E-state index in [2.05, 4.69) is 9.97 Å². The first-order chi connectivity index (χ1) is 16.9. The maximum Gasteiger partial charge on any atom is 0.238 e. The second-order valence-electron chi connectivity index (χ2n) is 9.06. The van der Waals surface area contributed by atoms with Crippen LogP contribution in [0.5, 0.6) is 0 Å². The van der Waals surface area contributed by atoms with E-state index in [0.29, 0.717) is 37.4 Å². The number of nitrogens with zero attached hydrogens (tertiary/aromatic N) is 5. The largest absolute Gasteiger partial charge is 0.443 e. The normalized spacial score (nSPS) is 17.9. The Bertz CT molecular complexity index is 1540. The third-order valence-electron chi connectivity index (χ3n) is 7.17. The van der Waals surface area contributed by atoms with Crippen LogP contribution in [-0.2, 0) is 26.8 Å². The lowest BCUT2D eigenvalue weighted by molar-refractivity contribution is -0.124. The van der Waals surface area contributed by atoms with Crippen molar-refractivity contribution in [2.45, 2.75) is 24.8 Å². The molecule has 0 aliphatic carbocycles. The fourth-order valence-electron chi connectivity index (χ4n) is 5.42. The number of sulfonamides is 1. The molecular formula is C25H23N5O4S. The molecule has 2 aliphatic rings. The van der Waals surface area contributed by atoms with Crippen LogP contribution >= 0.6 is 0 Å². The van der Waals surface area contributed by atoms with Gasteiger partial charge < -0.3 is 9.32 Å². The maximum atomic E-state index is 14.0. The molecule has 1 spiro atoms. The molecule has 178 valence electrons. The molecule has 35 heavy (non-hydrogen) atoms. The van der Waals surface area contributed by atoms with Gasteiger partial charge in [-0.05, 0) is 29.9 Å². The molecule has 5 heterocycles. The van der Waals surface area contributed by atoms with Crippen LogP contribution in [0.2, 0.25) is 0 Å². The zero-order chi connectivity index (χ0) is 24.2. The smallest absolute Gasteiger partial charge is 0.238 e. The van der Waals surface area contributed by atoms with Crippen LogP contribution in [0.15, 0.2) is 65.9 Å². The van der Waals surface area contributed by atoms with Crippen molar-refractivity contribution < 1.29 is 17.6 Å². The molecule has 0 atom stereocenters. The molecule has 2 aliphatic heterocycles. The van der Waals surface area contributed by atoms with Crippen LogP contribution in [0, 0.1) is 0 Å². The third kappa shape index (κ3) is 3.43. The monoisotopic (exact) mass is 489 g/mol. The van der Waals surface area contributed by atoms with E-state index in [1.807, 2.05) is 30.3 Å². The van der Waals surface area contributed by atoms with Gasteiger partial charge >= 0.3 is 0 Å². The fraction of sp³-hybridized carbons (Fsp3) is 0.280. The van der Waals surface area contributed by atoms with Gasteiger partial charge in [0, 0.05) is 30.9 Å². The lowest BCUT2D eigenvalue weighted by atomic mass is 9.74. The zero-order valence-corrected chi connectivity index (χ0v) is 19.9. The fourth-order valence-corrected chi connectivity index (χ4v) is 6.26. The van der Waals surface area contributed by atoms with Gasteiger partial charge in [-0.25, -0.2) is 17.7 Å². The van der Waals surface area contributed by atoms with Crippen LogP contribution in [-0.4, -0.2) is 52.9 Å². The Morgan fingerprint density at radius 3 is 2.60 bits per heavy atom. The predicted octanol–water partition coefficient (Wildman–Crippen LogP) is 3.12. The SMILES string of the molecule is CS(=O)(=O)N1CCC2(CC1)C(=O)N(Cc1ncc3ccccc3c1-c1cnco1)c1cnccc12. The summed E-state index contributed by atoms with van der Waals surface area (Å²) in [5.41, 5.74) is 2.35. The van der Waals surface area contributed by atoms with Crippen LogP contribution in [0.1, 0.15) is 24.1 Å². The van der Waals surface area contributed by atoms with E-state index in [0.717, 1.165) is 27.6 Å². The third-order valence-corrected chi connectivity index (χ3v) is 8.47. The molecule has 4 aromatic rings. The number of fused-ring (bicyclic) bond motifs is 3. The van der Waals surface area contributed by atoms with E-state index >= 15 is 0 Å². The Morgan fingerprint density at radius 1 is 1.06 bits per heavy atom. The van der Waals surface area contributed by atoms with E-state index in [9.17, 15) is 13.2 Å². The van der Waals surface area contributed by atoms with Crippen LogP contribution < -0.4 is 4.90 Å². The molecule has 1 saturated heterocycles. The molecular weight excluding hydrogens is 466 g/mol. The lowest BCUT2D eigenvalue weighted by Gasteiger charge is -2.37. The summed E-state index contributed by atoms with van der Waals surface area (Å²) in [4.78, 5) is 28.9. The number of carbonyl (C=O) groups is 1. The van der Waals surface area contributed by atoms with Gasteiger partial charge in [-0.2, -0.15) is 0 Å². The molecule has 1 amide bonds. The predicted molar refractivity (Wildman–Crippen MR) is 130 cm³/mol. The summed E-state index contributed by atoms with van der Waals surface area (Å²) in [7, 11) is -3.31. The van der Waals surface area contributed by atoms with Gasteiger partial charge in [0.05, 0.1) is 47.6 Å². The van der Waals surface area contributed by atoms with Gasteiger partial charge in [0.1, 0.15) is 0 Å². The number of carbonyl (C=O) groups excluding carboxylic acids is 1. The first kappa shape index (κ1) is 21.9. The summed E-state index contributed by atoms with van der Waals surface area (Å²) in [5.74, 6) is 0.533. The topological polar surface area (TPSA) is 110 Å². The number of oxazole rings is 1. The quantitative estimate of drug-likeness (QED) is 0.433. The summed E-state index contributed by atoms with van der Waals surface area (Å²) in [6, 6.07) is 9.77. The van der Waals surface area contributed by atoms with Crippen molar-refractivity contribution >= 4 is 32.4 Å². The van der Waals surface area contributed by atoms with Crippen molar-refractivity contribution in [3.8, 4) is 11.3 Å². The molecule has 0 N–H and O–H groups in total. The first-order valence-electron chi connectivity index (χ1n) is 11.4. The number of pyridine rings is 2. The van der Waals surface area contributed by atoms with Crippen molar-refractivity contribution in [2.75, 3.05) is 24.2 Å². The van der Waals surface area contributed by atoms with Crippen LogP contribution in [0.25, 0.3) is 22.1 Å². The highest BCUT2D eigenvalue weighted by molar-refractivity contribution is 7.88. The molecule has 0 bridgehead atoms. The molecule has 0 saturated carbocycles. The van der Waals surface area contributed by atoms with E-state index in [-0.39, 0.29) is 12.5 Å². The number of anilines is 1. The summed E-state index contributed by atoms with van der Waals surface area (Å²) in [6.07, 6.45) is 10.3. The van der Waals surface area contributed by atoms with Crippen molar-refractivity contribution in [2.24, 2.45) is 0 Å². The number of aromatic nitrogens is 3. The average Bonchev–Trinajstić information content (AvgIpc) is 3.47. The molecule has 1 aromatic carbocycles. The Balaban J connectivity index is 1.43. The Hall–Kier alpha value is -3.63. The summed E-state index contributed by atoms with van der Waals surface area (Å²) in [5, 5.41) is 1.92. The number of hydrogen-bond acceptors (Lipinski definition) is 7. The van der Waals surface area contributed by atoms with Crippen molar-refractivity contribution in [1.82, 2.24) is 19.3 Å². The lowest BCUT2D eigenvalue weighted by Crippen LogP contribution is -2.49. The highest BCUT2D eigenvalue weighted by Gasteiger charge is 2.53. The zero-order valence-electron chi connectivity index (χ0n) is 19.1. The molecule has 6 rings (SSSR count). The average molecular weight is 490 g/mol. The maximum absolute atomic E-state index is 14.0. The van der Waals surface area contributed by atoms with Crippen LogP contribution in [0.3, 0.4) is 0 Å². The Morgan fingerprint density at radius 2 is 1.86 bits per heavy atom. The van der Waals surface area contributed by atoms with Crippen molar-refractivity contribution in [3.05, 3.63) is 72.8 Å². The second-order valence-corrected chi connectivity index (χ2v) is 11.0. The van der Waals surface area contributed by atoms with Gasteiger partial charge in [-0.1, -0.05) is 24.3 Å². The summed E-state index contributed by atoms with van der Waals surface area (Å²) >= 11 is 0. The highest BCUT2D eigenvalue weighted by atomic mass is 32.2. The minimum absolute atomic E-state index is 0.0490. The Kier molecular flexibility index (Phi) is 4.97. The first-order valence-corrected chi connectivity index (χ1v) is 13.2. The molecule has 9 nitrogen and oxygen atoms in total. The minimum atomic E-state index is -3.31. The molecule has 0 radical (unpaired) electrons. The van der Waals surface area contributed by atoms with Gasteiger partial charge in [-0.3, -0.25) is 14.8 Å². The standard InChI is InChI=1S/C25H23N5O4S/c1-35(32,33)29-10-7-25(8-11-29)19-6-9-26-13-21(19)30(24(25)31)15-20-23(22-14-27-16-34-22)18-5-3-2-4-17(18)12-28-20/h2-6,9,12-14,16H,7-8,10-11,15H2,1H3. The number of piperidine rings is 1. The van der Waals surface area contributed by atoms with Gasteiger partial charge in [-0.15, -0.1) is 0 Å². The van der Waals surface area contributed by atoms with Gasteiger partial charge in [0.25, 0.3) is 0 Å². The molecule has 0 unspecified atom stereocenters. The highest BCUT2D eigenvalue weighted by Crippen LogP contribution is 2.48. The summed E-state index contributed by atoms with van der Waals surface area (Å²) < 4.78 is 31.3. The number of rotatable bonds is 4. The van der Waals surface area contributed by atoms with Crippen molar-refractivity contribution in [1.29, 1.82) is 0 Å². The Labute approximate surface area is 202 Å². The number of benzene rings is 1. The molecule has 1 fully saturated rings. The van der Waals surface area contributed by atoms with Crippen molar-refractivity contribution in [3.63, 3.8) is 0 Å².